The molecule has 2 aromatic heterocycles. The van der Waals surface area contributed by atoms with Crippen molar-refractivity contribution < 1.29 is 9.59 Å². The number of aryl methyl sites for hydroxylation is 1. The van der Waals surface area contributed by atoms with Crippen LogP contribution >= 0.6 is 0 Å². The smallest absolute Gasteiger partial charge is 0.274 e. The zero-order valence-corrected chi connectivity index (χ0v) is 16.4. The first-order chi connectivity index (χ1) is 14.0. The van der Waals surface area contributed by atoms with Crippen molar-refractivity contribution >= 4 is 17.6 Å². The highest BCUT2D eigenvalue weighted by atomic mass is 16.2. The third-order valence-electron chi connectivity index (χ3n) is 4.45. The average Bonchev–Trinajstić information content (AvgIpc) is 3.14. The van der Waals surface area contributed by atoms with Crippen molar-refractivity contribution in [1.82, 2.24) is 30.3 Å². The third-order valence-corrected chi connectivity index (χ3v) is 4.45. The second kappa shape index (κ2) is 9.05. The molecule has 0 aliphatic carbocycles. The molecule has 0 saturated carbocycles. The van der Waals surface area contributed by atoms with E-state index in [4.69, 9.17) is 0 Å². The standard InChI is InChI=1S/C20H23N7O2/c1-4-5-6-7-14(2)12-27-13-17(24-25-27)19(28)23-16-9-8-15-18(22-11-10-21-15)26(3)20(16)29/h4-7,10-11,13,16H,2,8-9,12H2,1,3H3,(H,23,28)/b5-4-,7-6-/t16-/m0/s1. The minimum atomic E-state index is -0.688. The number of carbonyl (C=O) groups is 2. The highest BCUT2D eigenvalue weighted by molar-refractivity contribution is 6.01. The van der Waals surface area contributed by atoms with Gasteiger partial charge in [-0.25, -0.2) is 9.67 Å². The normalized spacial score (nSPS) is 16.8. The van der Waals surface area contributed by atoms with E-state index < -0.39 is 11.9 Å². The zero-order chi connectivity index (χ0) is 20.8. The molecule has 0 radical (unpaired) electrons. The highest BCUT2D eigenvalue weighted by Crippen LogP contribution is 2.21. The summed E-state index contributed by atoms with van der Waals surface area (Å²) in [6, 6.07) is -0.688. The monoisotopic (exact) mass is 393 g/mol. The first-order valence-corrected chi connectivity index (χ1v) is 9.25. The summed E-state index contributed by atoms with van der Waals surface area (Å²) in [6.45, 7) is 6.28. The lowest BCUT2D eigenvalue weighted by atomic mass is 10.1. The van der Waals surface area contributed by atoms with E-state index in [1.807, 2.05) is 31.2 Å². The predicted molar refractivity (Wildman–Crippen MR) is 108 cm³/mol. The van der Waals surface area contributed by atoms with Gasteiger partial charge >= 0.3 is 0 Å². The van der Waals surface area contributed by atoms with Crippen LogP contribution < -0.4 is 10.2 Å². The van der Waals surface area contributed by atoms with Crippen molar-refractivity contribution in [3.05, 3.63) is 66.4 Å². The predicted octanol–water partition coefficient (Wildman–Crippen LogP) is 1.46. The van der Waals surface area contributed by atoms with E-state index >= 15 is 0 Å². The fourth-order valence-electron chi connectivity index (χ4n) is 2.97. The summed E-state index contributed by atoms with van der Waals surface area (Å²) in [4.78, 5) is 35.2. The second-order valence-corrected chi connectivity index (χ2v) is 6.63. The van der Waals surface area contributed by atoms with Crippen molar-refractivity contribution in [2.24, 2.45) is 0 Å². The molecule has 1 aliphatic heterocycles. The van der Waals surface area contributed by atoms with Gasteiger partial charge in [-0.15, -0.1) is 5.10 Å². The van der Waals surface area contributed by atoms with Gasteiger partial charge in [0.15, 0.2) is 11.5 Å². The number of carbonyl (C=O) groups excluding carboxylic acids is 2. The van der Waals surface area contributed by atoms with Gasteiger partial charge in [0, 0.05) is 19.4 Å². The number of nitrogens with one attached hydrogen (secondary N) is 1. The summed E-state index contributed by atoms with van der Waals surface area (Å²) < 4.78 is 1.53. The Morgan fingerprint density at radius 2 is 2.14 bits per heavy atom. The number of rotatable bonds is 6. The molecule has 1 atom stereocenters. The SMILES string of the molecule is C=C(/C=C\C=C/C)Cn1cc(C(=O)N[C@H]2CCc3nccnc3N(C)C2=O)nn1. The number of nitrogens with zero attached hydrogens (tertiary/aromatic N) is 6. The van der Waals surface area contributed by atoms with Crippen molar-refractivity contribution in [3.8, 4) is 0 Å². The molecule has 0 saturated heterocycles. The van der Waals surface area contributed by atoms with Gasteiger partial charge in [-0.1, -0.05) is 36.1 Å². The Labute approximate surface area is 168 Å². The number of likely N-dealkylation sites (N-methyl/N-ethyl adjacent to an activating group) is 1. The van der Waals surface area contributed by atoms with Gasteiger partial charge in [-0.05, 0) is 25.3 Å². The van der Waals surface area contributed by atoms with E-state index in [1.165, 1.54) is 15.8 Å². The average molecular weight is 393 g/mol. The number of allylic oxidation sites excluding steroid dienone is 5. The first-order valence-electron chi connectivity index (χ1n) is 9.25. The Bertz CT molecular complexity index is 977. The number of anilines is 1. The molecule has 1 N–H and O–H groups in total. The molecule has 2 aromatic rings. The molecule has 0 unspecified atom stereocenters. The van der Waals surface area contributed by atoms with Crippen LogP contribution in [0.5, 0.6) is 0 Å². The third kappa shape index (κ3) is 4.81. The minimum Gasteiger partial charge on any atom is -0.339 e. The molecule has 0 fully saturated rings. The largest absolute Gasteiger partial charge is 0.339 e. The van der Waals surface area contributed by atoms with Crippen molar-refractivity contribution in [2.45, 2.75) is 32.4 Å². The molecule has 9 heteroatoms. The van der Waals surface area contributed by atoms with Crippen LogP contribution in [0.25, 0.3) is 0 Å². The maximum absolute atomic E-state index is 12.7. The van der Waals surface area contributed by atoms with Crippen LogP contribution in [-0.2, 0) is 17.8 Å². The number of aromatic nitrogens is 5. The first kappa shape index (κ1) is 20.1. The van der Waals surface area contributed by atoms with Gasteiger partial charge in [-0.2, -0.15) is 0 Å². The lowest BCUT2D eigenvalue weighted by molar-refractivity contribution is -0.120. The lowest BCUT2D eigenvalue weighted by Gasteiger charge is -2.20. The van der Waals surface area contributed by atoms with Crippen LogP contribution in [0.2, 0.25) is 0 Å². The molecule has 1 aliphatic rings. The van der Waals surface area contributed by atoms with E-state index in [0.29, 0.717) is 25.2 Å². The minimum absolute atomic E-state index is 0.142. The van der Waals surface area contributed by atoms with Crippen molar-refractivity contribution in [1.29, 1.82) is 0 Å². The molecule has 9 nitrogen and oxygen atoms in total. The Balaban J connectivity index is 1.64. The van der Waals surface area contributed by atoms with Crippen molar-refractivity contribution in [3.63, 3.8) is 0 Å². The number of hydrogen-bond acceptors (Lipinski definition) is 6. The van der Waals surface area contributed by atoms with Crippen LogP contribution in [0.15, 0.2) is 55.0 Å². The molecular weight excluding hydrogens is 370 g/mol. The highest BCUT2D eigenvalue weighted by Gasteiger charge is 2.31. The Kier molecular flexibility index (Phi) is 6.28. The molecular formula is C20H23N7O2. The quantitative estimate of drug-likeness (QED) is 0.745. The van der Waals surface area contributed by atoms with E-state index in [9.17, 15) is 9.59 Å². The number of hydrogen-bond donors (Lipinski definition) is 1. The summed E-state index contributed by atoms with van der Waals surface area (Å²) >= 11 is 0. The van der Waals surface area contributed by atoms with E-state index in [-0.39, 0.29) is 11.6 Å². The lowest BCUT2D eigenvalue weighted by Crippen LogP contribution is -2.47. The summed E-state index contributed by atoms with van der Waals surface area (Å²) in [7, 11) is 1.63. The summed E-state index contributed by atoms with van der Waals surface area (Å²) in [6.07, 6.45) is 13.2. The molecule has 3 heterocycles. The van der Waals surface area contributed by atoms with Crippen molar-refractivity contribution in [2.75, 3.05) is 11.9 Å². The number of fused-ring (bicyclic) bond motifs is 1. The summed E-state index contributed by atoms with van der Waals surface area (Å²) in [5.74, 6) is -0.179. The second-order valence-electron chi connectivity index (χ2n) is 6.63. The Morgan fingerprint density at radius 3 is 2.93 bits per heavy atom. The summed E-state index contributed by atoms with van der Waals surface area (Å²) in [5.41, 5.74) is 1.69. The van der Waals surface area contributed by atoms with Gasteiger partial charge in [0.1, 0.15) is 6.04 Å². The topological polar surface area (TPSA) is 106 Å². The maximum atomic E-state index is 12.7. The van der Waals surface area contributed by atoms with Crippen LogP contribution in [0, 0.1) is 0 Å². The van der Waals surface area contributed by atoms with Gasteiger partial charge in [0.25, 0.3) is 11.8 Å². The van der Waals surface area contributed by atoms with Crippen LogP contribution in [0.1, 0.15) is 29.5 Å². The van der Waals surface area contributed by atoms with E-state index in [0.717, 1.165) is 11.3 Å². The van der Waals surface area contributed by atoms with Crippen LogP contribution in [0.3, 0.4) is 0 Å². The Morgan fingerprint density at radius 1 is 1.34 bits per heavy atom. The van der Waals surface area contributed by atoms with Crippen LogP contribution in [-0.4, -0.2) is 49.9 Å². The Hall–Kier alpha value is -3.62. The fraction of sp³-hybridized carbons (Fsp3) is 0.300. The van der Waals surface area contributed by atoms with Gasteiger partial charge in [-0.3, -0.25) is 19.5 Å². The maximum Gasteiger partial charge on any atom is 0.274 e. The van der Waals surface area contributed by atoms with Gasteiger partial charge in [0.05, 0.1) is 18.4 Å². The zero-order valence-electron chi connectivity index (χ0n) is 16.4. The van der Waals surface area contributed by atoms with Gasteiger partial charge < -0.3 is 5.32 Å². The molecule has 3 rings (SSSR count). The van der Waals surface area contributed by atoms with E-state index in [2.05, 4.69) is 32.2 Å². The van der Waals surface area contributed by atoms with Crippen LogP contribution in [0.4, 0.5) is 5.82 Å². The fourth-order valence-corrected chi connectivity index (χ4v) is 2.97. The number of amides is 2. The molecule has 2 amide bonds. The summed E-state index contributed by atoms with van der Waals surface area (Å²) in [5, 5.41) is 10.6. The molecule has 0 spiro atoms. The molecule has 29 heavy (non-hydrogen) atoms. The van der Waals surface area contributed by atoms with E-state index in [1.54, 1.807) is 19.4 Å². The molecule has 0 bridgehead atoms. The molecule has 150 valence electrons. The van der Waals surface area contributed by atoms with Gasteiger partial charge in [0.2, 0.25) is 0 Å². The molecule has 0 aromatic carbocycles.